The van der Waals surface area contributed by atoms with Crippen molar-refractivity contribution in [2.75, 3.05) is 11.9 Å². The molecule has 0 atom stereocenters. The molecule has 1 N–H and O–H groups in total. The van der Waals surface area contributed by atoms with Crippen molar-refractivity contribution in [1.29, 1.82) is 0 Å². The Morgan fingerprint density at radius 3 is 3.06 bits per heavy atom. The molecule has 2 heterocycles. The molecule has 0 aromatic carbocycles. The third-order valence-electron chi connectivity index (χ3n) is 2.41. The molecule has 96 valence electrons. The van der Waals surface area contributed by atoms with E-state index in [4.69, 9.17) is 0 Å². The fourth-order valence-corrected chi connectivity index (χ4v) is 2.56. The van der Waals surface area contributed by atoms with Crippen molar-refractivity contribution in [2.45, 2.75) is 20.4 Å². The molecule has 0 saturated carbocycles. The van der Waals surface area contributed by atoms with Crippen LogP contribution in [0.5, 0.6) is 0 Å². The highest BCUT2D eigenvalue weighted by molar-refractivity contribution is 14.1. The fraction of sp³-hybridized carbons (Fsp3) is 0.400. The van der Waals surface area contributed by atoms with E-state index in [2.05, 4.69) is 19.9 Å². The zero-order valence-corrected chi connectivity index (χ0v) is 12.9. The number of anilines is 1. The molecule has 0 amide bonds. The van der Waals surface area contributed by atoms with Crippen molar-refractivity contribution in [3.8, 4) is 0 Å². The monoisotopic (exact) mass is 377 g/mol. The van der Waals surface area contributed by atoms with E-state index in [9.17, 15) is 4.79 Å². The molecule has 0 aliphatic rings. The van der Waals surface area contributed by atoms with Gasteiger partial charge in [0, 0.05) is 24.3 Å². The van der Waals surface area contributed by atoms with Gasteiger partial charge < -0.3 is 5.32 Å². The van der Waals surface area contributed by atoms with Crippen LogP contribution in [0.15, 0.2) is 11.0 Å². The predicted molar refractivity (Wildman–Crippen MR) is 79.1 cm³/mol. The quantitative estimate of drug-likeness (QED) is 0.818. The minimum absolute atomic E-state index is 0.0430. The number of hydrogen-bond acceptors (Lipinski definition) is 6. The van der Waals surface area contributed by atoms with Gasteiger partial charge in [-0.1, -0.05) is 4.49 Å². The van der Waals surface area contributed by atoms with Gasteiger partial charge in [-0.15, -0.1) is 5.10 Å². The second-order valence-electron chi connectivity index (χ2n) is 3.62. The summed E-state index contributed by atoms with van der Waals surface area (Å²) in [5, 5.41) is 8.15. The Labute approximate surface area is 122 Å². The summed E-state index contributed by atoms with van der Waals surface area (Å²) in [5.74, 6) is 0.677. The van der Waals surface area contributed by atoms with E-state index >= 15 is 0 Å². The first kappa shape index (κ1) is 13.4. The van der Waals surface area contributed by atoms with Crippen molar-refractivity contribution in [2.24, 2.45) is 0 Å². The molecular weight excluding hydrogens is 365 g/mol. The SMILES string of the molecule is CCNc1snnc1Cn1c(C)ncc(I)c1=O. The third-order valence-corrected chi connectivity index (χ3v) is 3.87. The molecular formula is C10H12IN5OS. The van der Waals surface area contributed by atoms with Crippen molar-refractivity contribution in [3.63, 3.8) is 0 Å². The number of nitrogens with one attached hydrogen (secondary N) is 1. The van der Waals surface area contributed by atoms with Gasteiger partial charge in [-0.3, -0.25) is 9.36 Å². The molecule has 2 aromatic heterocycles. The standard InChI is InChI=1S/C10H12IN5OS/c1-3-12-9-8(14-15-18-9)5-16-6(2)13-4-7(11)10(16)17/h4,12H,3,5H2,1-2H3. The summed E-state index contributed by atoms with van der Waals surface area (Å²) in [4.78, 5) is 16.2. The van der Waals surface area contributed by atoms with Crippen LogP contribution in [0.25, 0.3) is 0 Å². The Hall–Kier alpha value is -1.03. The second kappa shape index (κ2) is 5.74. The van der Waals surface area contributed by atoms with Crippen LogP contribution < -0.4 is 10.9 Å². The van der Waals surface area contributed by atoms with Crippen LogP contribution >= 0.6 is 34.1 Å². The van der Waals surface area contributed by atoms with Gasteiger partial charge in [-0.25, -0.2) is 4.98 Å². The van der Waals surface area contributed by atoms with E-state index in [1.54, 1.807) is 10.8 Å². The minimum atomic E-state index is -0.0430. The van der Waals surface area contributed by atoms with Crippen LogP contribution in [0.2, 0.25) is 0 Å². The maximum absolute atomic E-state index is 12.0. The third kappa shape index (κ3) is 2.69. The number of hydrogen-bond donors (Lipinski definition) is 1. The van der Waals surface area contributed by atoms with Crippen LogP contribution in [0.1, 0.15) is 18.4 Å². The largest absolute Gasteiger partial charge is 0.374 e. The lowest BCUT2D eigenvalue weighted by molar-refractivity contribution is 0.680. The normalized spacial score (nSPS) is 10.6. The average Bonchev–Trinajstić information content (AvgIpc) is 2.78. The molecule has 18 heavy (non-hydrogen) atoms. The van der Waals surface area contributed by atoms with Crippen molar-refractivity contribution in [1.82, 2.24) is 19.1 Å². The summed E-state index contributed by atoms with van der Waals surface area (Å²) in [5.41, 5.74) is 0.731. The van der Waals surface area contributed by atoms with E-state index in [1.165, 1.54) is 11.5 Å². The first-order chi connectivity index (χ1) is 8.63. The van der Waals surface area contributed by atoms with E-state index in [0.29, 0.717) is 15.9 Å². The molecule has 0 saturated heterocycles. The van der Waals surface area contributed by atoms with E-state index in [0.717, 1.165) is 17.2 Å². The predicted octanol–water partition coefficient (Wildman–Crippen LogP) is 1.49. The summed E-state index contributed by atoms with van der Waals surface area (Å²) in [6.07, 6.45) is 1.58. The van der Waals surface area contributed by atoms with Crippen molar-refractivity contribution >= 4 is 39.1 Å². The van der Waals surface area contributed by atoms with E-state index < -0.39 is 0 Å². The van der Waals surface area contributed by atoms with Crippen LogP contribution in [0.3, 0.4) is 0 Å². The molecule has 2 rings (SSSR count). The molecule has 8 heteroatoms. The highest BCUT2D eigenvalue weighted by atomic mass is 127. The average molecular weight is 377 g/mol. The Balaban J connectivity index is 2.37. The van der Waals surface area contributed by atoms with Crippen molar-refractivity contribution in [3.05, 3.63) is 31.6 Å². The second-order valence-corrected chi connectivity index (χ2v) is 5.54. The van der Waals surface area contributed by atoms with Crippen molar-refractivity contribution < 1.29 is 0 Å². The minimum Gasteiger partial charge on any atom is -0.374 e. The maximum atomic E-state index is 12.0. The van der Waals surface area contributed by atoms with Crippen LogP contribution in [0.4, 0.5) is 5.00 Å². The molecule has 0 spiro atoms. The summed E-state index contributed by atoms with van der Waals surface area (Å²) in [6.45, 7) is 5.01. The Bertz CT molecular complexity index is 609. The van der Waals surface area contributed by atoms with Crippen LogP contribution in [-0.2, 0) is 6.54 Å². The molecule has 0 unspecified atom stereocenters. The van der Waals surface area contributed by atoms with E-state index in [-0.39, 0.29) is 5.56 Å². The number of halogens is 1. The molecule has 6 nitrogen and oxygen atoms in total. The van der Waals surface area contributed by atoms with Gasteiger partial charge in [0.25, 0.3) is 5.56 Å². The van der Waals surface area contributed by atoms with Gasteiger partial charge in [-0.2, -0.15) is 0 Å². The van der Waals surface area contributed by atoms with Gasteiger partial charge in [0.15, 0.2) is 0 Å². The lowest BCUT2D eigenvalue weighted by atomic mass is 10.4. The Kier molecular flexibility index (Phi) is 4.27. The van der Waals surface area contributed by atoms with Crippen LogP contribution in [0, 0.1) is 10.5 Å². The smallest absolute Gasteiger partial charge is 0.267 e. The van der Waals surface area contributed by atoms with Gasteiger partial charge in [0.2, 0.25) is 0 Å². The molecule has 2 aromatic rings. The van der Waals surface area contributed by atoms with E-state index in [1.807, 2.05) is 36.4 Å². The van der Waals surface area contributed by atoms with Gasteiger partial charge in [-0.05, 0) is 36.4 Å². The molecule has 0 bridgehead atoms. The zero-order chi connectivity index (χ0) is 13.1. The summed E-state index contributed by atoms with van der Waals surface area (Å²) in [7, 11) is 0. The molecule has 0 aliphatic heterocycles. The Morgan fingerprint density at radius 1 is 1.56 bits per heavy atom. The van der Waals surface area contributed by atoms with Crippen LogP contribution in [-0.4, -0.2) is 25.7 Å². The Morgan fingerprint density at radius 2 is 2.33 bits per heavy atom. The van der Waals surface area contributed by atoms with Gasteiger partial charge >= 0.3 is 0 Å². The zero-order valence-electron chi connectivity index (χ0n) is 9.97. The molecule has 0 fully saturated rings. The lowest BCUT2D eigenvalue weighted by Crippen LogP contribution is -2.26. The highest BCUT2D eigenvalue weighted by Crippen LogP contribution is 2.18. The maximum Gasteiger partial charge on any atom is 0.267 e. The number of nitrogens with zero attached hydrogens (tertiary/aromatic N) is 4. The topological polar surface area (TPSA) is 72.7 Å². The fourth-order valence-electron chi connectivity index (χ4n) is 1.49. The molecule has 0 aliphatic carbocycles. The summed E-state index contributed by atoms with van der Waals surface area (Å²) in [6, 6.07) is 0. The number of rotatable bonds is 4. The first-order valence-corrected chi connectivity index (χ1v) is 7.25. The summed E-state index contributed by atoms with van der Waals surface area (Å²) >= 11 is 3.29. The molecule has 0 radical (unpaired) electrons. The first-order valence-electron chi connectivity index (χ1n) is 5.40. The van der Waals surface area contributed by atoms with Gasteiger partial charge in [0.05, 0.1) is 10.1 Å². The lowest BCUT2D eigenvalue weighted by Gasteiger charge is -2.08. The summed E-state index contributed by atoms with van der Waals surface area (Å²) < 4.78 is 6.12. The highest BCUT2D eigenvalue weighted by Gasteiger charge is 2.12. The number of aryl methyl sites for hydroxylation is 1. The van der Waals surface area contributed by atoms with Gasteiger partial charge in [0.1, 0.15) is 16.5 Å². The number of aromatic nitrogens is 4.